The largest absolute Gasteiger partial charge is 0.491 e. The van der Waals surface area contributed by atoms with Crippen LogP contribution in [0.1, 0.15) is 32.6 Å². The van der Waals surface area contributed by atoms with E-state index in [-0.39, 0.29) is 17.8 Å². The number of amides is 1. The molecule has 1 aromatic rings. The topological polar surface area (TPSA) is 64.4 Å². The zero-order chi connectivity index (χ0) is 14.5. The second-order valence-corrected chi connectivity index (χ2v) is 5.46. The van der Waals surface area contributed by atoms with Crippen molar-refractivity contribution in [2.75, 3.05) is 11.9 Å². The van der Waals surface area contributed by atoms with Crippen molar-refractivity contribution < 1.29 is 13.9 Å². The van der Waals surface area contributed by atoms with Crippen molar-refractivity contribution in [2.45, 2.75) is 38.6 Å². The smallest absolute Gasteiger partial charge is 0.224 e. The molecule has 20 heavy (non-hydrogen) atoms. The van der Waals surface area contributed by atoms with Crippen LogP contribution in [0.25, 0.3) is 0 Å². The first kappa shape index (κ1) is 14.8. The van der Waals surface area contributed by atoms with E-state index in [1.165, 1.54) is 18.2 Å². The van der Waals surface area contributed by atoms with Gasteiger partial charge in [-0.05, 0) is 44.2 Å². The summed E-state index contributed by atoms with van der Waals surface area (Å²) in [5, 5.41) is 2.75. The van der Waals surface area contributed by atoms with Crippen LogP contribution in [0, 0.1) is 11.7 Å². The van der Waals surface area contributed by atoms with Gasteiger partial charge in [0.25, 0.3) is 0 Å². The van der Waals surface area contributed by atoms with Crippen LogP contribution in [0.4, 0.5) is 10.1 Å². The van der Waals surface area contributed by atoms with Crippen LogP contribution in [0.2, 0.25) is 0 Å². The van der Waals surface area contributed by atoms with Crippen molar-refractivity contribution in [1.82, 2.24) is 0 Å². The van der Waals surface area contributed by atoms with Gasteiger partial charge in [-0.2, -0.15) is 0 Å². The molecule has 1 aliphatic carbocycles. The number of nitrogens with two attached hydrogens (primary N) is 1. The summed E-state index contributed by atoms with van der Waals surface area (Å²) in [6.07, 6.45) is 3.28. The molecule has 0 aliphatic heterocycles. The molecule has 1 amide bonds. The van der Waals surface area contributed by atoms with Gasteiger partial charge in [0, 0.05) is 18.5 Å². The molecule has 1 aliphatic rings. The standard InChI is InChI=1S/C15H21FN2O2/c1-10(17)2-7-15(19)18-13-6-5-12(16)8-14(13)20-9-11-3-4-11/h5-6,8,10-11H,2-4,7,9,17H2,1H3,(H,18,19). The highest BCUT2D eigenvalue weighted by molar-refractivity contribution is 5.92. The van der Waals surface area contributed by atoms with Crippen LogP contribution in [-0.4, -0.2) is 18.6 Å². The molecule has 0 bridgehead atoms. The number of anilines is 1. The molecule has 0 heterocycles. The maximum atomic E-state index is 13.3. The van der Waals surface area contributed by atoms with Gasteiger partial charge in [0.05, 0.1) is 12.3 Å². The minimum absolute atomic E-state index is 0.0143. The molecule has 0 radical (unpaired) electrons. The SMILES string of the molecule is CC(N)CCC(=O)Nc1ccc(F)cc1OCC1CC1. The predicted molar refractivity (Wildman–Crippen MR) is 76.1 cm³/mol. The first-order valence-corrected chi connectivity index (χ1v) is 7.02. The summed E-state index contributed by atoms with van der Waals surface area (Å²) < 4.78 is 18.9. The van der Waals surface area contributed by atoms with Gasteiger partial charge in [-0.1, -0.05) is 0 Å². The van der Waals surface area contributed by atoms with Gasteiger partial charge >= 0.3 is 0 Å². The van der Waals surface area contributed by atoms with E-state index in [0.29, 0.717) is 36.8 Å². The Hall–Kier alpha value is -1.62. The predicted octanol–water partition coefficient (Wildman–Crippen LogP) is 2.68. The van der Waals surface area contributed by atoms with E-state index in [1.54, 1.807) is 0 Å². The minimum atomic E-state index is -0.371. The Morgan fingerprint density at radius 3 is 2.95 bits per heavy atom. The van der Waals surface area contributed by atoms with Gasteiger partial charge in [0.15, 0.2) is 0 Å². The molecule has 5 heteroatoms. The van der Waals surface area contributed by atoms with Crippen LogP contribution >= 0.6 is 0 Å². The van der Waals surface area contributed by atoms with Gasteiger partial charge in [-0.25, -0.2) is 4.39 Å². The van der Waals surface area contributed by atoms with Crippen molar-refractivity contribution >= 4 is 11.6 Å². The molecule has 110 valence electrons. The summed E-state index contributed by atoms with van der Waals surface area (Å²) in [7, 11) is 0. The lowest BCUT2D eigenvalue weighted by atomic mass is 10.2. The van der Waals surface area contributed by atoms with Crippen molar-refractivity contribution in [1.29, 1.82) is 0 Å². The lowest BCUT2D eigenvalue weighted by molar-refractivity contribution is -0.116. The summed E-state index contributed by atoms with van der Waals surface area (Å²) in [6.45, 7) is 2.43. The van der Waals surface area contributed by atoms with Crippen molar-refractivity contribution in [3.63, 3.8) is 0 Å². The van der Waals surface area contributed by atoms with E-state index >= 15 is 0 Å². The van der Waals surface area contributed by atoms with Crippen molar-refractivity contribution in [3.05, 3.63) is 24.0 Å². The Kier molecular flexibility index (Phi) is 4.95. The van der Waals surface area contributed by atoms with Gasteiger partial charge in [-0.3, -0.25) is 4.79 Å². The molecular weight excluding hydrogens is 259 g/mol. The Balaban J connectivity index is 1.95. The first-order chi connectivity index (χ1) is 9.54. The third-order valence-electron chi connectivity index (χ3n) is 3.22. The van der Waals surface area contributed by atoms with E-state index in [0.717, 1.165) is 12.8 Å². The number of carbonyl (C=O) groups excluding carboxylic acids is 1. The Bertz CT molecular complexity index is 473. The van der Waals surface area contributed by atoms with Crippen LogP contribution in [0.5, 0.6) is 5.75 Å². The minimum Gasteiger partial charge on any atom is -0.491 e. The molecule has 1 atom stereocenters. The van der Waals surface area contributed by atoms with Crippen LogP contribution in [-0.2, 0) is 4.79 Å². The van der Waals surface area contributed by atoms with E-state index in [9.17, 15) is 9.18 Å². The number of hydrogen-bond donors (Lipinski definition) is 2. The van der Waals surface area contributed by atoms with E-state index in [2.05, 4.69) is 5.32 Å². The number of benzene rings is 1. The molecule has 3 N–H and O–H groups in total. The van der Waals surface area contributed by atoms with Crippen LogP contribution in [0.15, 0.2) is 18.2 Å². The fourth-order valence-corrected chi connectivity index (χ4v) is 1.78. The van der Waals surface area contributed by atoms with Gasteiger partial charge in [-0.15, -0.1) is 0 Å². The Morgan fingerprint density at radius 1 is 1.55 bits per heavy atom. The molecule has 1 aromatic carbocycles. The monoisotopic (exact) mass is 280 g/mol. The quantitative estimate of drug-likeness (QED) is 0.807. The van der Waals surface area contributed by atoms with Crippen LogP contribution < -0.4 is 15.8 Å². The molecule has 2 rings (SSSR count). The number of nitrogens with one attached hydrogen (secondary N) is 1. The van der Waals surface area contributed by atoms with E-state index in [1.807, 2.05) is 6.92 Å². The second kappa shape index (κ2) is 6.70. The average molecular weight is 280 g/mol. The van der Waals surface area contributed by atoms with Gasteiger partial charge in [0.2, 0.25) is 5.91 Å². The molecule has 4 nitrogen and oxygen atoms in total. The van der Waals surface area contributed by atoms with Crippen molar-refractivity contribution in [3.8, 4) is 5.75 Å². The number of halogens is 1. The fraction of sp³-hybridized carbons (Fsp3) is 0.533. The maximum absolute atomic E-state index is 13.3. The van der Waals surface area contributed by atoms with E-state index < -0.39 is 0 Å². The third-order valence-corrected chi connectivity index (χ3v) is 3.22. The summed E-state index contributed by atoms with van der Waals surface area (Å²) in [5.41, 5.74) is 6.13. The Labute approximate surface area is 118 Å². The van der Waals surface area contributed by atoms with Crippen molar-refractivity contribution in [2.24, 2.45) is 11.7 Å². The highest BCUT2D eigenvalue weighted by atomic mass is 19.1. The maximum Gasteiger partial charge on any atom is 0.224 e. The molecule has 0 saturated heterocycles. The van der Waals surface area contributed by atoms with E-state index in [4.69, 9.17) is 10.5 Å². The summed E-state index contributed by atoms with van der Waals surface area (Å²) in [6, 6.07) is 4.13. The normalized spacial score (nSPS) is 15.8. The highest BCUT2D eigenvalue weighted by Gasteiger charge is 2.22. The number of carbonyl (C=O) groups is 1. The van der Waals surface area contributed by atoms with Crippen LogP contribution in [0.3, 0.4) is 0 Å². The summed E-state index contributed by atoms with van der Waals surface area (Å²) in [4.78, 5) is 11.8. The molecule has 0 aromatic heterocycles. The number of hydrogen-bond acceptors (Lipinski definition) is 3. The molecular formula is C15H21FN2O2. The average Bonchev–Trinajstić information content (AvgIpc) is 3.20. The molecule has 1 unspecified atom stereocenters. The van der Waals surface area contributed by atoms with Gasteiger partial charge in [0.1, 0.15) is 11.6 Å². The lowest BCUT2D eigenvalue weighted by Crippen LogP contribution is -2.19. The summed E-state index contributed by atoms with van der Waals surface area (Å²) >= 11 is 0. The molecule has 1 saturated carbocycles. The fourth-order valence-electron chi connectivity index (χ4n) is 1.78. The Morgan fingerprint density at radius 2 is 2.30 bits per heavy atom. The highest BCUT2D eigenvalue weighted by Crippen LogP contribution is 2.32. The second-order valence-electron chi connectivity index (χ2n) is 5.46. The zero-order valence-corrected chi connectivity index (χ0v) is 11.7. The lowest BCUT2D eigenvalue weighted by Gasteiger charge is -2.13. The first-order valence-electron chi connectivity index (χ1n) is 7.02. The third kappa shape index (κ3) is 4.81. The number of ether oxygens (including phenoxy) is 1. The molecule has 1 fully saturated rings. The number of rotatable bonds is 7. The van der Waals surface area contributed by atoms with Gasteiger partial charge < -0.3 is 15.8 Å². The zero-order valence-electron chi connectivity index (χ0n) is 11.7. The molecule has 0 spiro atoms. The summed E-state index contributed by atoms with van der Waals surface area (Å²) in [5.74, 6) is 0.459.